The highest BCUT2D eigenvalue weighted by Crippen LogP contribution is 2.36. The van der Waals surface area contributed by atoms with Crippen LogP contribution in [0.3, 0.4) is 0 Å². The highest BCUT2D eigenvalue weighted by atomic mass is 19.4. The second kappa shape index (κ2) is 7.66. The van der Waals surface area contributed by atoms with E-state index in [0.717, 1.165) is 44.1 Å². The van der Waals surface area contributed by atoms with E-state index in [1.54, 1.807) is 12.1 Å². The summed E-state index contributed by atoms with van der Waals surface area (Å²) in [6.07, 6.45) is 1.31. The van der Waals surface area contributed by atoms with Crippen molar-refractivity contribution < 1.29 is 18.0 Å². The number of nitrogens with zero attached hydrogens (tertiary/aromatic N) is 1. The number of nitrogens with one attached hydrogen (secondary N) is 1. The second-order valence-corrected chi connectivity index (χ2v) is 8.12. The molecule has 0 unspecified atom stereocenters. The summed E-state index contributed by atoms with van der Waals surface area (Å²) >= 11 is 0. The fourth-order valence-corrected chi connectivity index (χ4v) is 3.56. The molecule has 2 aliphatic rings. The predicted molar refractivity (Wildman–Crippen MR) is 99.1 cm³/mol. The minimum atomic E-state index is -4.34. The quantitative estimate of drug-likeness (QED) is 0.764. The van der Waals surface area contributed by atoms with Crippen molar-refractivity contribution in [3.63, 3.8) is 0 Å². The molecule has 148 valence electrons. The van der Waals surface area contributed by atoms with Gasteiger partial charge in [-0.05, 0) is 63.1 Å². The summed E-state index contributed by atoms with van der Waals surface area (Å²) in [7, 11) is 0. The molecule has 3 nitrogen and oxygen atoms in total. The van der Waals surface area contributed by atoms with Crippen LogP contribution in [-0.4, -0.2) is 30.4 Å². The molecule has 1 aromatic carbocycles. The van der Waals surface area contributed by atoms with E-state index in [0.29, 0.717) is 11.5 Å². The topological polar surface area (TPSA) is 32.3 Å². The van der Waals surface area contributed by atoms with Crippen LogP contribution in [0.5, 0.6) is 0 Å². The van der Waals surface area contributed by atoms with Crippen LogP contribution in [0.15, 0.2) is 35.9 Å². The highest BCUT2D eigenvalue weighted by Gasteiger charge is 2.35. The van der Waals surface area contributed by atoms with E-state index in [1.165, 1.54) is 25.0 Å². The molecule has 0 radical (unpaired) electrons. The SMILES string of the molecule is CC(C)(c1cccc(C(F)(F)F)c1)N1CCC(=CC(=O)NCC2CC2)CC1. The number of rotatable bonds is 5. The Hall–Kier alpha value is -1.82. The highest BCUT2D eigenvalue weighted by molar-refractivity contribution is 5.88. The summed E-state index contributed by atoms with van der Waals surface area (Å²) in [5.74, 6) is 0.630. The summed E-state index contributed by atoms with van der Waals surface area (Å²) in [5.41, 5.74) is 0.658. The first-order valence-corrected chi connectivity index (χ1v) is 9.56. The number of alkyl halides is 3. The third-order valence-corrected chi connectivity index (χ3v) is 5.69. The Morgan fingerprint density at radius 1 is 1.19 bits per heavy atom. The zero-order valence-corrected chi connectivity index (χ0v) is 15.9. The van der Waals surface area contributed by atoms with Gasteiger partial charge in [0.2, 0.25) is 5.91 Å². The standard InChI is InChI=1S/C21H27F3N2O/c1-20(2,17-4-3-5-18(13-17)21(22,23)24)26-10-8-15(9-11-26)12-19(27)25-14-16-6-7-16/h3-5,12-13,16H,6-11,14H2,1-2H3,(H,25,27). The number of hydrogen-bond donors (Lipinski definition) is 1. The molecule has 0 bridgehead atoms. The van der Waals surface area contributed by atoms with Crippen molar-refractivity contribution in [2.75, 3.05) is 19.6 Å². The molecule has 0 spiro atoms. The monoisotopic (exact) mass is 380 g/mol. The van der Waals surface area contributed by atoms with Gasteiger partial charge in [-0.2, -0.15) is 13.2 Å². The van der Waals surface area contributed by atoms with Gasteiger partial charge in [0.25, 0.3) is 0 Å². The van der Waals surface area contributed by atoms with Gasteiger partial charge in [-0.25, -0.2) is 0 Å². The normalized spacial score (nSPS) is 19.1. The average Bonchev–Trinajstić information content (AvgIpc) is 3.44. The van der Waals surface area contributed by atoms with Crippen molar-refractivity contribution in [2.45, 2.75) is 51.2 Å². The van der Waals surface area contributed by atoms with Crippen molar-refractivity contribution >= 4 is 5.91 Å². The smallest absolute Gasteiger partial charge is 0.352 e. The molecular formula is C21H27F3N2O. The zero-order chi connectivity index (χ0) is 19.7. The lowest BCUT2D eigenvalue weighted by atomic mass is 9.88. The lowest BCUT2D eigenvalue weighted by molar-refractivity contribution is -0.137. The molecule has 1 N–H and O–H groups in total. The van der Waals surface area contributed by atoms with Crippen molar-refractivity contribution in [1.82, 2.24) is 10.2 Å². The van der Waals surface area contributed by atoms with Crippen LogP contribution in [0.1, 0.15) is 50.7 Å². The van der Waals surface area contributed by atoms with Crippen LogP contribution in [0.25, 0.3) is 0 Å². The minimum Gasteiger partial charge on any atom is -0.352 e. The maximum absolute atomic E-state index is 13.0. The molecule has 0 aromatic heterocycles. The first-order chi connectivity index (χ1) is 12.7. The van der Waals surface area contributed by atoms with Gasteiger partial charge in [-0.3, -0.25) is 9.69 Å². The van der Waals surface area contributed by atoms with Crippen LogP contribution < -0.4 is 5.32 Å². The molecule has 1 aromatic rings. The first-order valence-electron chi connectivity index (χ1n) is 9.56. The molecule has 2 fully saturated rings. The Kier molecular flexibility index (Phi) is 5.65. The molecule has 3 rings (SSSR count). The third kappa shape index (κ3) is 5.12. The number of benzene rings is 1. The summed E-state index contributed by atoms with van der Waals surface area (Å²) < 4.78 is 39.1. The third-order valence-electron chi connectivity index (χ3n) is 5.69. The fraction of sp³-hybridized carbons (Fsp3) is 0.571. The number of likely N-dealkylation sites (tertiary alicyclic amines) is 1. The maximum atomic E-state index is 13.0. The van der Waals surface area contributed by atoms with Gasteiger partial charge in [0, 0.05) is 31.2 Å². The lowest BCUT2D eigenvalue weighted by Crippen LogP contribution is -2.45. The molecular weight excluding hydrogens is 353 g/mol. The Morgan fingerprint density at radius 3 is 2.41 bits per heavy atom. The average molecular weight is 380 g/mol. The molecule has 27 heavy (non-hydrogen) atoms. The Bertz CT molecular complexity index is 710. The van der Waals surface area contributed by atoms with Gasteiger partial charge in [-0.1, -0.05) is 17.7 Å². The number of carbonyl (C=O) groups excluding carboxylic acids is 1. The van der Waals surface area contributed by atoms with Crippen LogP contribution >= 0.6 is 0 Å². The Labute approximate surface area is 158 Å². The van der Waals surface area contributed by atoms with E-state index in [2.05, 4.69) is 10.2 Å². The maximum Gasteiger partial charge on any atom is 0.416 e. The Morgan fingerprint density at radius 2 is 1.81 bits per heavy atom. The van der Waals surface area contributed by atoms with Crippen molar-refractivity contribution in [3.8, 4) is 0 Å². The van der Waals surface area contributed by atoms with Gasteiger partial charge in [0.15, 0.2) is 0 Å². The summed E-state index contributed by atoms with van der Waals surface area (Å²) in [6, 6.07) is 5.58. The van der Waals surface area contributed by atoms with Crippen molar-refractivity contribution in [1.29, 1.82) is 0 Å². The molecule has 6 heteroatoms. The van der Waals surface area contributed by atoms with Crippen LogP contribution in [0.4, 0.5) is 13.2 Å². The molecule has 0 atom stereocenters. The first kappa shape index (κ1) is 19.9. The number of carbonyl (C=O) groups is 1. The second-order valence-electron chi connectivity index (χ2n) is 8.12. The van der Waals surface area contributed by atoms with Gasteiger partial charge in [-0.15, -0.1) is 0 Å². The lowest BCUT2D eigenvalue weighted by Gasteiger charge is -2.42. The zero-order valence-electron chi connectivity index (χ0n) is 15.9. The van der Waals surface area contributed by atoms with E-state index in [4.69, 9.17) is 0 Å². The van der Waals surface area contributed by atoms with Crippen molar-refractivity contribution in [2.24, 2.45) is 5.92 Å². The molecule has 1 saturated heterocycles. The van der Waals surface area contributed by atoms with E-state index in [1.807, 2.05) is 13.8 Å². The van der Waals surface area contributed by atoms with Gasteiger partial charge >= 0.3 is 6.18 Å². The predicted octanol–water partition coefficient (Wildman–Crippen LogP) is 4.49. The summed E-state index contributed by atoms with van der Waals surface area (Å²) in [4.78, 5) is 14.2. The van der Waals surface area contributed by atoms with E-state index >= 15 is 0 Å². The number of hydrogen-bond acceptors (Lipinski definition) is 2. The Balaban J connectivity index is 1.61. The van der Waals surface area contributed by atoms with E-state index in [9.17, 15) is 18.0 Å². The van der Waals surface area contributed by atoms with Crippen LogP contribution in [-0.2, 0) is 16.5 Å². The molecule has 1 aliphatic heterocycles. The number of halogens is 3. The van der Waals surface area contributed by atoms with Crippen LogP contribution in [0.2, 0.25) is 0 Å². The summed E-state index contributed by atoms with van der Waals surface area (Å²) in [6.45, 7) is 6.13. The van der Waals surface area contributed by atoms with E-state index < -0.39 is 17.3 Å². The largest absolute Gasteiger partial charge is 0.416 e. The fourth-order valence-electron chi connectivity index (χ4n) is 3.56. The van der Waals surface area contributed by atoms with Gasteiger partial charge in [0.1, 0.15) is 0 Å². The molecule has 1 amide bonds. The van der Waals surface area contributed by atoms with Gasteiger partial charge < -0.3 is 5.32 Å². The minimum absolute atomic E-state index is 0.0255. The van der Waals surface area contributed by atoms with Crippen molar-refractivity contribution in [3.05, 3.63) is 47.0 Å². The number of amides is 1. The van der Waals surface area contributed by atoms with Gasteiger partial charge in [0.05, 0.1) is 5.56 Å². The van der Waals surface area contributed by atoms with Crippen LogP contribution in [0, 0.1) is 5.92 Å². The van der Waals surface area contributed by atoms with E-state index in [-0.39, 0.29) is 5.91 Å². The number of piperidine rings is 1. The summed E-state index contributed by atoms with van der Waals surface area (Å²) in [5, 5.41) is 2.94. The molecule has 1 saturated carbocycles. The molecule has 1 heterocycles. The molecule has 1 aliphatic carbocycles.